The van der Waals surface area contributed by atoms with Gasteiger partial charge in [0, 0.05) is 25.5 Å². The number of carbonyl (C=O) groups excluding carboxylic acids is 2. The molecule has 3 N–H and O–H groups in total. The van der Waals surface area contributed by atoms with Crippen LogP contribution >= 0.6 is 0 Å². The molecule has 0 aliphatic heterocycles. The van der Waals surface area contributed by atoms with Gasteiger partial charge in [-0.15, -0.1) is 0 Å². The third-order valence-corrected chi connectivity index (χ3v) is 5.28. The van der Waals surface area contributed by atoms with Gasteiger partial charge in [0.15, 0.2) is 0 Å². The van der Waals surface area contributed by atoms with Gasteiger partial charge >= 0.3 is 0 Å². The number of pyridine rings is 1. The fourth-order valence-corrected chi connectivity index (χ4v) is 3.62. The lowest BCUT2D eigenvalue weighted by Crippen LogP contribution is -2.36. The lowest BCUT2D eigenvalue weighted by Gasteiger charge is -2.14. The number of carbonyl (C=O) groups is 2. The molecular formula is C25H25N5O3. The van der Waals surface area contributed by atoms with Gasteiger partial charge in [0.05, 0.1) is 17.1 Å². The molecule has 8 heteroatoms. The van der Waals surface area contributed by atoms with Gasteiger partial charge in [0.2, 0.25) is 5.43 Å². The molecule has 0 saturated heterocycles. The smallest absolute Gasteiger partial charge is 0.257 e. The van der Waals surface area contributed by atoms with Crippen LogP contribution in [0.1, 0.15) is 52.0 Å². The third-order valence-electron chi connectivity index (χ3n) is 5.28. The summed E-state index contributed by atoms with van der Waals surface area (Å²) in [5, 5.41) is 5.47. The molecule has 8 nitrogen and oxygen atoms in total. The van der Waals surface area contributed by atoms with Crippen molar-refractivity contribution in [2.45, 2.75) is 26.4 Å². The Kier molecular flexibility index (Phi) is 6.35. The van der Waals surface area contributed by atoms with E-state index in [1.165, 1.54) is 12.4 Å². The zero-order valence-electron chi connectivity index (χ0n) is 18.5. The number of nitrogens with one attached hydrogen (secondary N) is 3. The lowest BCUT2D eigenvalue weighted by molar-refractivity contribution is 0.0936. The molecule has 0 bridgehead atoms. The molecular weight excluding hydrogens is 418 g/mol. The van der Waals surface area contributed by atoms with Crippen molar-refractivity contribution < 1.29 is 9.59 Å². The SMILES string of the molecule is CCNC(=O)c1cn(Cc2ccccc2)cc(C(=O)N[C@H](C)c2nc3ccccc3[nH]2)c1=O. The molecule has 2 aromatic heterocycles. The number of fused-ring (bicyclic) bond motifs is 1. The van der Waals surface area contributed by atoms with Gasteiger partial charge in [-0.25, -0.2) is 4.98 Å². The van der Waals surface area contributed by atoms with Gasteiger partial charge in [-0.2, -0.15) is 0 Å². The monoisotopic (exact) mass is 443 g/mol. The van der Waals surface area contributed by atoms with Crippen LogP contribution in [0.4, 0.5) is 0 Å². The second-order valence-electron chi connectivity index (χ2n) is 7.77. The second-order valence-corrected chi connectivity index (χ2v) is 7.77. The number of benzene rings is 2. The first kappa shape index (κ1) is 22.0. The Morgan fingerprint density at radius 2 is 1.67 bits per heavy atom. The number of para-hydroxylation sites is 2. The zero-order chi connectivity index (χ0) is 23.4. The van der Waals surface area contributed by atoms with E-state index in [4.69, 9.17) is 0 Å². The number of hydrogen-bond acceptors (Lipinski definition) is 4. The molecule has 0 aliphatic carbocycles. The topological polar surface area (TPSA) is 109 Å². The number of rotatable bonds is 7. The molecule has 2 aromatic carbocycles. The Morgan fingerprint density at radius 3 is 2.36 bits per heavy atom. The van der Waals surface area contributed by atoms with Crippen molar-refractivity contribution >= 4 is 22.8 Å². The number of amides is 2. The third kappa shape index (κ3) is 4.85. The van der Waals surface area contributed by atoms with E-state index in [9.17, 15) is 14.4 Å². The van der Waals surface area contributed by atoms with E-state index >= 15 is 0 Å². The summed E-state index contributed by atoms with van der Waals surface area (Å²) in [6, 6.07) is 16.7. The van der Waals surface area contributed by atoms with Crippen LogP contribution in [0.15, 0.2) is 71.8 Å². The Bertz CT molecular complexity index is 1320. The Balaban J connectivity index is 1.65. The molecule has 2 heterocycles. The van der Waals surface area contributed by atoms with Crippen molar-refractivity contribution in [3.63, 3.8) is 0 Å². The summed E-state index contributed by atoms with van der Waals surface area (Å²) in [6.07, 6.45) is 2.97. The summed E-state index contributed by atoms with van der Waals surface area (Å²) in [6.45, 7) is 4.33. The van der Waals surface area contributed by atoms with Crippen LogP contribution in [0, 0.1) is 0 Å². The summed E-state index contributed by atoms with van der Waals surface area (Å²) in [4.78, 5) is 46.3. The number of aromatic nitrogens is 3. The molecule has 1 atom stereocenters. The maximum atomic E-state index is 13.1. The summed E-state index contributed by atoms with van der Waals surface area (Å²) in [7, 11) is 0. The fourth-order valence-electron chi connectivity index (χ4n) is 3.62. The lowest BCUT2D eigenvalue weighted by atomic mass is 10.1. The number of imidazole rings is 1. The molecule has 4 rings (SSSR count). The molecule has 33 heavy (non-hydrogen) atoms. The minimum Gasteiger partial charge on any atom is -0.352 e. The number of aromatic amines is 1. The highest BCUT2D eigenvalue weighted by atomic mass is 16.2. The normalized spacial score (nSPS) is 11.8. The molecule has 0 spiro atoms. The van der Waals surface area contributed by atoms with Gasteiger partial charge in [0.1, 0.15) is 17.0 Å². The minimum absolute atomic E-state index is 0.0724. The van der Waals surface area contributed by atoms with Crippen molar-refractivity contribution in [1.82, 2.24) is 25.2 Å². The van der Waals surface area contributed by atoms with E-state index in [-0.39, 0.29) is 11.1 Å². The van der Waals surface area contributed by atoms with E-state index in [0.717, 1.165) is 16.6 Å². The van der Waals surface area contributed by atoms with Gasteiger partial charge in [-0.05, 0) is 31.5 Å². The molecule has 168 valence electrons. The van der Waals surface area contributed by atoms with Gasteiger partial charge < -0.3 is 20.2 Å². The van der Waals surface area contributed by atoms with Crippen molar-refractivity contribution in [3.8, 4) is 0 Å². The molecule has 0 unspecified atom stereocenters. The fraction of sp³-hybridized carbons (Fsp3) is 0.200. The highest BCUT2D eigenvalue weighted by molar-refractivity contribution is 5.99. The number of H-pyrrole nitrogens is 1. The molecule has 2 amide bonds. The first-order valence-corrected chi connectivity index (χ1v) is 10.8. The first-order chi connectivity index (χ1) is 16.0. The van der Waals surface area contributed by atoms with Crippen LogP contribution in [0.3, 0.4) is 0 Å². The van der Waals surface area contributed by atoms with Crippen LogP contribution in [-0.2, 0) is 6.54 Å². The molecule has 0 saturated carbocycles. The van der Waals surface area contributed by atoms with Crippen molar-refractivity contribution in [2.24, 2.45) is 0 Å². The van der Waals surface area contributed by atoms with Crippen LogP contribution in [0.2, 0.25) is 0 Å². The summed E-state index contributed by atoms with van der Waals surface area (Å²) in [5.74, 6) is -0.501. The number of nitrogens with zero attached hydrogens (tertiary/aromatic N) is 2. The van der Waals surface area contributed by atoms with E-state index in [0.29, 0.717) is 18.9 Å². The summed E-state index contributed by atoms with van der Waals surface area (Å²) >= 11 is 0. The van der Waals surface area contributed by atoms with E-state index in [2.05, 4.69) is 20.6 Å². The van der Waals surface area contributed by atoms with Crippen molar-refractivity contribution in [3.05, 3.63) is 99.7 Å². The highest BCUT2D eigenvalue weighted by Gasteiger charge is 2.21. The largest absolute Gasteiger partial charge is 0.352 e. The minimum atomic E-state index is -0.612. The van der Waals surface area contributed by atoms with Crippen LogP contribution in [0.5, 0.6) is 0 Å². The van der Waals surface area contributed by atoms with Crippen molar-refractivity contribution in [1.29, 1.82) is 0 Å². The molecule has 0 fully saturated rings. The Morgan fingerprint density at radius 1 is 1.00 bits per heavy atom. The average molecular weight is 444 g/mol. The maximum absolute atomic E-state index is 13.1. The van der Waals surface area contributed by atoms with Gasteiger partial charge in [-0.3, -0.25) is 14.4 Å². The summed E-state index contributed by atoms with van der Waals surface area (Å²) < 4.78 is 1.68. The Labute approximate surface area is 190 Å². The van der Waals surface area contributed by atoms with Crippen LogP contribution in [0.25, 0.3) is 11.0 Å². The predicted octanol–water partition coefficient (Wildman–Crippen LogP) is 3.01. The molecule has 0 aliphatic rings. The highest BCUT2D eigenvalue weighted by Crippen LogP contribution is 2.16. The second kappa shape index (κ2) is 9.52. The quantitative estimate of drug-likeness (QED) is 0.408. The first-order valence-electron chi connectivity index (χ1n) is 10.8. The molecule has 0 radical (unpaired) electrons. The number of hydrogen-bond donors (Lipinski definition) is 3. The van der Waals surface area contributed by atoms with E-state index < -0.39 is 23.3 Å². The average Bonchev–Trinajstić information content (AvgIpc) is 3.25. The predicted molar refractivity (Wildman–Crippen MR) is 126 cm³/mol. The molecule has 4 aromatic rings. The van der Waals surface area contributed by atoms with Gasteiger partial charge in [-0.1, -0.05) is 42.5 Å². The van der Waals surface area contributed by atoms with Crippen LogP contribution < -0.4 is 16.1 Å². The van der Waals surface area contributed by atoms with Crippen molar-refractivity contribution in [2.75, 3.05) is 6.54 Å². The van der Waals surface area contributed by atoms with Gasteiger partial charge in [0.25, 0.3) is 11.8 Å². The zero-order valence-corrected chi connectivity index (χ0v) is 18.5. The van der Waals surface area contributed by atoms with E-state index in [1.54, 1.807) is 18.4 Å². The Hall–Kier alpha value is -4.20. The summed E-state index contributed by atoms with van der Waals surface area (Å²) in [5.41, 5.74) is 1.84. The standard InChI is InChI=1S/C25H25N5O3/c1-3-26-24(32)18-14-30(13-17-9-5-4-6-10-17)15-19(22(18)31)25(33)27-16(2)23-28-20-11-7-8-12-21(20)29-23/h4-12,14-16H,3,13H2,1-2H3,(H,26,32)(H,27,33)(H,28,29)/t16-/m1/s1. The van der Waals surface area contributed by atoms with Crippen LogP contribution in [-0.4, -0.2) is 32.9 Å². The van der Waals surface area contributed by atoms with E-state index in [1.807, 2.05) is 54.6 Å². The maximum Gasteiger partial charge on any atom is 0.257 e.